The Hall–Kier alpha value is -0.940. The lowest BCUT2D eigenvalue weighted by molar-refractivity contribution is 0.0917. The molecule has 1 aromatic heterocycles. The van der Waals surface area contributed by atoms with Crippen LogP contribution in [0.1, 0.15) is 54.5 Å². The van der Waals surface area contributed by atoms with Crippen LogP contribution in [-0.2, 0) is 6.54 Å². The fourth-order valence-corrected chi connectivity index (χ4v) is 3.11. The molecule has 2 rings (SSSR count). The SMILES string of the molecule is CC1CCCCCC1NC(=O)c1csc(CN)n1. The van der Waals surface area contributed by atoms with Gasteiger partial charge < -0.3 is 11.1 Å². The quantitative estimate of drug-likeness (QED) is 0.826. The summed E-state index contributed by atoms with van der Waals surface area (Å²) in [6, 6.07) is 0.294. The number of rotatable bonds is 3. The number of carbonyl (C=O) groups is 1. The van der Waals surface area contributed by atoms with Crippen LogP contribution in [0.4, 0.5) is 0 Å². The Morgan fingerprint density at radius 2 is 2.28 bits per heavy atom. The van der Waals surface area contributed by atoms with Crippen LogP contribution in [0.3, 0.4) is 0 Å². The van der Waals surface area contributed by atoms with E-state index in [0.717, 1.165) is 11.4 Å². The molecule has 0 bridgehead atoms. The van der Waals surface area contributed by atoms with E-state index in [1.54, 1.807) is 5.38 Å². The molecule has 2 unspecified atom stereocenters. The van der Waals surface area contributed by atoms with E-state index in [-0.39, 0.29) is 5.91 Å². The van der Waals surface area contributed by atoms with Crippen LogP contribution >= 0.6 is 11.3 Å². The second-order valence-electron chi connectivity index (χ2n) is 5.03. The van der Waals surface area contributed by atoms with Crippen molar-refractivity contribution in [1.82, 2.24) is 10.3 Å². The van der Waals surface area contributed by atoms with E-state index < -0.39 is 0 Å². The van der Waals surface area contributed by atoms with Gasteiger partial charge in [0.05, 0.1) is 0 Å². The highest BCUT2D eigenvalue weighted by molar-refractivity contribution is 7.09. The Labute approximate surface area is 112 Å². The van der Waals surface area contributed by atoms with Crippen LogP contribution in [0.15, 0.2) is 5.38 Å². The van der Waals surface area contributed by atoms with Crippen LogP contribution in [-0.4, -0.2) is 16.9 Å². The lowest BCUT2D eigenvalue weighted by Crippen LogP contribution is -2.39. The van der Waals surface area contributed by atoms with Gasteiger partial charge in [-0.1, -0.05) is 26.2 Å². The fraction of sp³-hybridized carbons (Fsp3) is 0.692. The Morgan fingerprint density at radius 1 is 1.50 bits per heavy atom. The molecule has 1 heterocycles. The second-order valence-corrected chi connectivity index (χ2v) is 5.97. The minimum Gasteiger partial charge on any atom is -0.348 e. The maximum Gasteiger partial charge on any atom is 0.270 e. The molecule has 0 radical (unpaired) electrons. The minimum absolute atomic E-state index is 0.0512. The smallest absolute Gasteiger partial charge is 0.270 e. The largest absolute Gasteiger partial charge is 0.348 e. The number of thiazole rings is 1. The molecule has 18 heavy (non-hydrogen) atoms. The van der Waals surface area contributed by atoms with E-state index in [1.807, 2.05) is 0 Å². The third-order valence-electron chi connectivity index (χ3n) is 3.64. The molecule has 2 atom stereocenters. The summed E-state index contributed by atoms with van der Waals surface area (Å²) in [7, 11) is 0. The highest BCUT2D eigenvalue weighted by Crippen LogP contribution is 2.23. The van der Waals surface area contributed by atoms with Gasteiger partial charge in [0.1, 0.15) is 10.7 Å². The number of nitrogens with one attached hydrogen (secondary N) is 1. The van der Waals surface area contributed by atoms with E-state index in [4.69, 9.17) is 5.73 Å². The van der Waals surface area contributed by atoms with Crippen LogP contribution in [0.2, 0.25) is 0 Å². The lowest BCUT2D eigenvalue weighted by atomic mass is 9.97. The maximum atomic E-state index is 12.1. The molecular formula is C13H21N3OS. The normalized spacial score (nSPS) is 24.6. The van der Waals surface area contributed by atoms with E-state index in [1.165, 1.54) is 37.0 Å². The number of amides is 1. The fourth-order valence-electron chi connectivity index (χ4n) is 2.46. The zero-order chi connectivity index (χ0) is 13.0. The molecule has 1 aromatic rings. The maximum absolute atomic E-state index is 12.1. The summed E-state index contributed by atoms with van der Waals surface area (Å²) < 4.78 is 0. The Morgan fingerprint density at radius 3 is 3.00 bits per heavy atom. The molecule has 0 aliphatic heterocycles. The molecule has 4 nitrogen and oxygen atoms in total. The summed E-state index contributed by atoms with van der Waals surface area (Å²) in [5.74, 6) is 0.508. The van der Waals surface area contributed by atoms with E-state index in [9.17, 15) is 4.79 Å². The number of nitrogens with zero attached hydrogens (tertiary/aromatic N) is 1. The van der Waals surface area contributed by atoms with Gasteiger partial charge >= 0.3 is 0 Å². The Balaban J connectivity index is 1.97. The highest BCUT2D eigenvalue weighted by atomic mass is 32.1. The molecular weight excluding hydrogens is 246 g/mol. The van der Waals surface area contributed by atoms with Gasteiger partial charge in [0.15, 0.2) is 0 Å². The van der Waals surface area contributed by atoms with Gasteiger partial charge in [-0.2, -0.15) is 0 Å². The van der Waals surface area contributed by atoms with Crippen molar-refractivity contribution >= 4 is 17.2 Å². The summed E-state index contributed by atoms with van der Waals surface area (Å²) in [6.45, 7) is 2.63. The van der Waals surface area contributed by atoms with Crippen LogP contribution in [0, 0.1) is 5.92 Å². The first-order chi connectivity index (χ1) is 8.70. The number of carbonyl (C=O) groups excluding carboxylic acids is 1. The summed E-state index contributed by atoms with van der Waals surface area (Å²) in [6.07, 6.45) is 6.06. The number of hydrogen-bond acceptors (Lipinski definition) is 4. The first kappa shape index (κ1) is 13.5. The standard InChI is InChI=1S/C13H21N3OS/c1-9-5-3-2-4-6-10(9)16-13(17)11-8-18-12(7-14)15-11/h8-10H,2-7,14H2,1H3,(H,16,17). The predicted molar refractivity (Wildman–Crippen MR) is 73.5 cm³/mol. The molecule has 1 aliphatic rings. The van der Waals surface area contributed by atoms with Crippen molar-refractivity contribution in [2.24, 2.45) is 11.7 Å². The second kappa shape index (κ2) is 6.29. The van der Waals surface area contributed by atoms with Gasteiger partial charge in [-0.3, -0.25) is 4.79 Å². The molecule has 1 amide bonds. The van der Waals surface area contributed by atoms with Crippen LogP contribution in [0.25, 0.3) is 0 Å². The zero-order valence-corrected chi connectivity index (χ0v) is 11.6. The lowest BCUT2D eigenvalue weighted by Gasteiger charge is -2.22. The third-order valence-corrected chi connectivity index (χ3v) is 4.51. The van der Waals surface area contributed by atoms with E-state index in [0.29, 0.717) is 24.2 Å². The van der Waals surface area contributed by atoms with Crippen molar-refractivity contribution in [3.8, 4) is 0 Å². The van der Waals surface area contributed by atoms with Crippen molar-refractivity contribution in [3.05, 3.63) is 16.1 Å². The number of hydrogen-bond donors (Lipinski definition) is 2. The first-order valence-corrected chi connectivity index (χ1v) is 7.54. The van der Waals surface area contributed by atoms with Gasteiger partial charge in [0, 0.05) is 18.0 Å². The summed E-state index contributed by atoms with van der Waals surface area (Å²) in [5, 5.41) is 5.73. The highest BCUT2D eigenvalue weighted by Gasteiger charge is 2.22. The van der Waals surface area contributed by atoms with Crippen molar-refractivity contribution < 1.29 is 4.79 Å². The van der Waals surface area contributed by atoms with Crippen LogP contribution in [0.5, 0.6) is 0 Å². The molecule has 100 valence electrons. The van der Waals surface area contributed by atoms with Gasteiger partial charge in [0.25, 0.3) is 5.91 Å². The predicted octanol–water partition coefficient (Wildman–Crippen LogP) is 2.30. The first-order valence-electron chi connectivity index (χ1n) is 6.66. The van der Waals surface area contributed by atoms with Crippen molar-refractivity contribution in [1.29, 1.82) is 0 Å². The molecule has 3 N–H and O–H groups in total. The van der Waals surface area contributed by atoms with Gasteiger partial charge in [-0.05, 0) is 18.8 Å². The monoisotopic (exact) mass is 267 g/mol. The van der Waals surface area contributed by atoms with E-state index >= 15 is 0 Å². The molecule has 0 spiro atoms. The average molecular weight is 267 g/mol. The Bertz CT molecular complexity index is 405. The Kier molecular flexibility index (Phi) is 4.72. The summed E-state index contributed by atoms with van der Waals surface area (Å²) in [5.41, 5.74) is 6.02. The molecule has 1 aliphatic carbocycles. The molecule has 1 fully saturated rings. The van der Waals surface area contributed by atoms with Gasteiger partial charge in [-0.15, -0.1) is 11.3 Å². The van der Waals surface area contributed by atoms with E-state index in [2.05, 4.69) is 17.2 Å². The summed E-state index contributed by atoms with van der Waals surface area (Å²) in [4.78, 5) is 16.3. The topological polar surface area (TPSA) is 68.0 Å². The van der Waals surface area contributed by atoms with Crippen LogP contribution < -0.4 is 11.1 Å². The number of nitrogens with two attached hydrogens (primary N) is 1. The van der Waals surface area contributed by atoms with Crippen molar-refractivity contribution in [3.63, 3.8) is 0 Å². The molecule has 1 saturated carbocycles. The third kappa shape index (κ3) is 3.29. The average Bonchev–Trinajstić information content (AvgIpc) is 2.77. The van der Waals surface area contributed by atoms with Gasteiger partial charge in [-0.25, -0.2) is 4.98 Å². The molecule has 0 aromatic carbocycles. The summed E-state index contributed by atoms with van der Waals surface area (Å²) >= 11 is 1.45. The minimum atomic E-state index is -0.0512. The molecule has 0 saturated heterocycles. The van der Waals surface area contributed by atoms with Crippen molar-refractivity contribution in [2.75, 3.05) is 0 Å². The zero-order valence-electron chi connectivity index (χ0n) is 10.8. The molecule has 5 heteroatoms. The van der Waals surface area contributed by atoms with Crippen molar-refractivity contribution in [2.45, 2.75) is 51.6 Å². The number of aromatic nitrogens is 1. The van der Waals surface area contributed by atoms with Gasteiger partial charge in [0.2, 0.25) is 0 Å².